The second-order valence-electron chi connectivity index (χ2n) is 6.33. The monoisotopic (exact) mass is 412 g/mol. The van der Waals surface area contributed by atoms with Crippen LogP contribution in [-0.4, -0.2) is 79.1 Å². The highest BCUT2D eigenvalue weighted by Gasteiger charge is 2.34. The van der Waals surface area contributed by atoms with Gasteiger partial charge in [0.05, 0.1) is 23.9 Å². The Bertz CT molecular complexity index is 802. The zero-order chi connectivity index (χ0) is 20.3. The Labute approximate surface area is 165 Å². The minimum atomic E-state index is -0.815. The van der Waals surface area contributed by atoms with Crippen LogP contribution in [-0.2, 0) is 9.53 Å². The molecule has 0 saturated carbocycles. The summed E-state index contributed by atoms with van der Waals surface area (Å²) in [5.74, 6) is -2.05. The number of amides is 2. The summed E-state index contributed by atoms with van der Waals surface area (Å²) in [6.45, 7) is 0.580. The lowest BCUT2D eigenvalue weighted by Crippen LogP contribution is -2.50. The Morgan fingerprint density at radius 1 is 1.29 bits per heavy atom. The van der Waals surface area contributed by atoms with Gasteiger partial charge in [0.2, 0.25) is 5.91 Å². The van der Waals surface area contributed by atoms with Gasteiger partial charge in [-0.05, 0) is 12.2 Å². The molecule has 150 valence electrons. The van der Waals surface area contributed by atoms with Crippen LogP contribution >= 0.6 is 12.2 Å². The van der Waals surface area contributed by atoms with Crippen LogP contribution in [0.25, 0.3) is 0 Å². The van der Waals surface area contributed by atoms with E-state index in [0.29, 0.717) is 0 Å². The zero-order valence-corrected chi connectivity index (χ0v) is 15.6. The van der Waals surface area contributed by atoms with Crippen LogP contribution in [0.3, 0.4) is 0 Å². The van der Waals surface area contributed by atoms with Crippen molar-refractivity contribution >= 4 is 40.8 Å². The standard InChI is InChI=1S/C17H18F2N4O4S/c18-13-5-11(23-8-12(7-20-10-28)27-17(23)26)6-14(19)16(13)22-3-1-21(2-4-22)15(25)9-24/h5-6,12,24H,1-4,7-9H2. The Kier molecular flexibility index (Phi) is 6.18. The van der Waals surface area contributed by atoms with Crippen molar-refractivity contribution in [3.8, 4) is 0 Å². The molecule has 1 aromatic rings. The highest BCUT2D eigenvalue weighted by atomic mass is 32.1. The van der Waals surface area contributed by atoms with Crippen LogP contribution in [0.5, 0.6) is 0 Å². The number of isothiocyanates is 1. The molecule has 2 heterocycles. The number of hydrogen-bond donors (Lipinski definition) is 1. The van der Waals surface area contributed by atoms with E-state index >= 15 is 0 Å². The lowest BCUT2D eigenvalue weighted by Gasteiger charge is -2.36. The summed E-state index contributed by atoms with van der Waals surface area (Å²) in [5, 5.41) is 11.1. The first kappa shape index (κ1) is 20.1. The molecule has 2 fully saturated rings. The van der Waals surface area contributed by atoms with Gasteiger partial charge in [0.1, 0.15) is 18.4 Å². The van der Waals surface area contributed by atoms with Crippen molar-refractivity contribution < 1.29 is 28.2 Å². The van der Waals surface area contributed by atoms with E-state index < -0.39 is 36.3 Å². The molecule has 0 aliphatic carbocycles. The molecule has 3 rings (SSSR count). The Hall–Kier alpha value is -2.62. The van der Waals surface area contributed by atoms with Gasteiger partial charge in [-0.15, -0.1) is 0 Å². The molecule has 2 saturated heterocycles. The van der Waals surface area contributed by atoms with Gasteiger partial charge in [0, 0.05) is 38.3 Å². The van der Waals surface area contributed by atoms with E-state index in [4.69, 9.17) is 9.84 Å². The number of cyclic esters (lactones) is 1. The van der Waals surface area contributed by atoms with E-state index in [1.807, 2.05) is 0 Å². The van der Waals surface area contributed by atoms with Crippen LogP contribution in [0.15, 0.2) is 17.1 Å². The Morgan fingerprint density at radius 2 is 1.93 bits per heavy atom. The number of carbonyl (C=O) groups excluding carboxylic acids is 2. The van der Waals surface area contributed by atoms with Gasteiger partial charge >= 0.3 is 6.09 Å². The normalized spacial score (nSPS) is 19.5. The molecule has 11 heteroatoms. The fourth-order valence-electron chi connectivity index (χ4n) is 3.26. The third-order valence-corrected chi connectivity index (χ3v) is 4.76. The maximum Gasteiger partial charge on any atom is 0.414 e. The molecule has 0 aromatic heterocycles. The molecule has 8 nitrogen and oxygen atoms in total. The van der Waals surface area contributed by atoms with Crippen LogP contribution < -0.4 is 9.80 Å². The van der Waals surface area contributed by atoms with E-state index in [1.165, 1.54) is 9.80 Å². The quantitative estimate of drug-likeness (QED) is 0.575. The van der Waals surface area contributed by atoms with Crippen molar-refractivity contribution in [2.75, 3.05) is 55.7 Å². The van der Waals surface area contributed by atoms with Crippen LogP contribution in [0.4, 0.5) is 25.0 Å². The summed E-state index contributed by atoms with van der Waals surface area (Å²) in [5.41, 5.74) is -0.166. The predicted molar refractivity (Wildman–Crippen MR) is 99.7 cm³/mol. The number of halogens is 2. The molecular weight excluding hydrogens is 394 g/mol. The molecule has 1 N–H and O–H groups in total. The van der Waals surface area contributed by atoms with E-state index in [-0.39, 0.29) is 50.6 Å². The van der Waals surface area contributed by atoms with E-state index in [9.17, 15) is 18.4 Å². The molecule has 0 spiro atoms. The predicted octanol–water partition coefficient (Wildman–Crippen LogP) is 1.03. The van der Waals surface area contributed by atoms with Crippen molar-refractivity contribution in [2.24, 2.45) is 4.99 Å². The van der Waals surface area contributed by atoms with Crippen molar-refractivity contribution in [1.29, 1.82) is 0 Å². The maximum absolute atomic E-state index is 14.7. The van der Waals surface area contributed by atoms with Gasteiger partial charge in [-0.3, -0.25) is 9.69 Å². The number of piperazine rings is 1. The van der Waals surface area contributed by atoms with Gasteiger partial charge < -0.3 is 19.6 Å². The van der Waals surface area contributed by atoms with Crippen molar-refractivity contribution in [3.63, 3.8) is 0 Å². The minimum Gasteiger partial charge on any atom is -0.442 e. The number of ether oxygens (including phenoxy) is 1. The average Bonchev–Trinajstić information content (AvgIpc) is 3.06. The number of aliphatic imine (C=N–C) groups is 1. The van der Waals surface area contributed by atoms with Crippen molar-refractivity contribution in [3.05, 3.63) is 23.8 Å². The van der Waals surface area contributed by atoms with Crippen molar-refractivity contribution in [2.45, 2.75) is 6.10 Å². The van der Waals surface area contributed by atoms with Crippen LogP contribution in [0, 0.1) is 11.6 Å². The highest BCUT2D eigenvalue weighted by molar-refractivity contribution is 7.78. The summed E-state index contributed by atoms with van der Waals surface area (Å²) in [6.07, 6.45) is -1.28. The molecule has 0 bridgehead atoms. The summed E-state index contributed by atoms with van der Waals surface area (Å²) in [6, 6.07) is 2.16. The molecular formula is C17H18F2N4O4S. The topological polar surface area (TPSA) is 85.7 Å². The number of aliphatic hydroxyl groups is 1. The first-order chi connectivity index (χ1) is 13.4. The number of aliphatic hydroxyl groups excluding tert-OH is 1. The van der Waals surface area contributed by atoms with Gasteiger partial charge in [0.15, 0.2) is 11.6 Å². The maximum atomic E-state index is 14.7. The van der Waals surface area contributed by atoms with Crippen LogP contribution in [0.1, 0.15) is 0 Å². The average molecular weight is 412 g/mol. The van der Waals surface area contributed by atoms with Gasteiger partial charge in [-0.25, -0.2) is 18.6 Å². The second kappa shape index (κ2) is 8.59. The summed E-state index contributed by atoms with van der Waals surface area (Å²) < 4.78 is 34.4. The highest BCUT2D eigenvalue weighted by Crippen LogP contribution is 2.31. The van der Waals surface area contributed by atoms with Crippen molar-refractivity contribution in [1.82, 2.24) is 4.90 Å². The zero-order valence-electron chi connectivity index (χ0n) is 14.8. The Morgan fingerprint density at radius 3 is 2.50 bits per heavy atom. The lowest BCUT2D eigenvalue weighted by atomic mass is 10.2. The molecule has 0 radical (unpaired) electrons. The third-order valence-electron chi connectivity index (χ3n) is 4.63. The molecule has 28 heavy (non-hydrogen) atoms. The smallest absolute Gasteiger partial charge is 0.414 e. The number of hydrogen-bond acceptors (Lipinski definition) is 7. The second-order valence-corrected chi connectivity index (χ2v) is 6.51. The SMILES string of the molecule is O=C(CO)N1CCN(c2c(F)cc(N3CC(CN=C=S)OC3=O)cc2F)CC1. The summed E-state index contributed by atoms with van der Waals surface area (Å²) in [7, 11) is 0. The largest absolute Gasteiger partial charge is 0.442 e. The number of carbonyl (C=O) groups is 2. The molecule has 1 atom stereocenters. The fraction of sp³-hybridized carbons (Fsp3) is 0.471. The summed E-state index contributed by atoms with van der Waals surface area (Å²) >= 11 is 4.47. The fourth-order valence-corrected chi connectivity index (χ4v) is 3.33. The van der Waals surface area contributed by atoms with Gasteiger partial charge in [0.25, 0.3) is 0 Å². The molecule has 2 amide bonds. The molecule has 2 aliphatic rings. The molecule has 2 aliphatic heterocycles. The van der Waals surface area contributed by atoms with Gasteiger partial charge in [-0.2, -0.15) is 0 Å². The molecule has 1 unspecified atom stereocenters. The number of rotatable bonds is 5. The van der Waals surface area contributed by atoms with E-state index in [1.54, 1.807) is 0 Å². The number of nitrogens with zero attached hydrogens (tertiary/aromatic N) is 4. The molecule has 1 aromatic carbocycles. The summed E-state index contributed by atoms with van der Waals surface area (Å²) in [4.78, 5) is 31.3. The first-order valence-corrected chi connectivity index (χ1v) is 8.99. The number of benzene rings is 1. The number of thiocarbonyl (C=S) groups is 1. The van der Waals surface area contributed by atoms with E-state index in [2.05, 4.69) is 22.4 Å². The lowest BCUT2D eigenvalue weighted by molar-refractivity contribution is -0.134. The minimum absolute atomic E-state index is 0.0478. The third kappa shape index (κ3) is 4.11. The first-order valence-electron chi connectivity index (χ1n) is 8.59. The number of anilines is 2. The van der Waals surface area contributed by atoms with E-state index in [0.717, 1.165) is 17.0 Å². The Balaban J connectivity index is 1.74. The van der Waals surface area contributed by atoms with Gasteiger partial charge in [-0.1, -0.05) is 0 Å². The van der Waals surface area contributed by atoms with Crippen LogP contribution in [0.2, 0.25) is 0 Å².